The van der Waals surface area contributed by atoms with Gasteiger partial charge in [0.2, 0.25) is 6.10 Å². The minimum absolute atomic E-state index is 0.404. The van der Waals surface area contributed by atoms with Crippen LogP contribution in [0.2, 0.25) is 0 Å². The van der Waals surface area contributed by atoms with Crippen LogP contribution in [-0.2, 0) is 19.1 Å². The first-order valence-electron chi connectivity index (χ1n) is 10.2. The summed E-state index contributed by atoms with van der Waals surface area (Å²) in [5.41, 5.74) is -12.2. The van der Waals surface area contributed by atoms with E-state index in [0.29, 0.717) is 0 Å². The first-order chi connectivity index (χ1) is 17.4. The molecule has 40 heavy (non-hydrogen) atoms. The minimum Gasteiger partial charge on any atom is -0.452 e. The summed E-state index contributed by atoms with van der Waals surface area (Å²) in [6.45, 7) is 7.89. The van der Waals surface area contributed by atoms with Crippen molar-refractivity contribution in [2.75, 3.05) is 0 Å². The maximum absolute atomic E-state index is 13.8. The van der Waals surface area contributed by atoms with Crippen molar-refractivity contribution in [2.24, 2.45) is 0 Å². The van der Waals surface area contributed by atoms with Gasteiger partial charge in [0.15, 0.2) is 6.10 Å². The van der Waals surface area contributed by atoms with Crippen molar-refractivity contribution in [1.82, 2.24) is 0 Å². The molecule has 0 aromatic carbocycles. The molecule has 6 nitrogen and oxygen atoms in total. The van der Waals surface area contributed by atoms with Gasteiger partial charge in [0.05, 0.1) is 0 Å². The third kappa shape index (κ3) is 5.00. The van der Waals surface area contributed by atoms with Gasteiger partial charge >= 0.3 is 42.1 Å². The molecule has 0 amide bonds. The summed E-state index contributed by atoms with van der Waals surface area (Å²) >= 11 is 0. The summed E-state index contributed by atoms with van der Waals surface area (Å²) in [4.78, 5) is 21.9. The van der Waals surface area contributed by atoms with Gasteiger partial charge in [-0.05, 0) is 20.3 Å². The quantitative estimate of drug-likeness (QED) is 0.265. The minimum atomic E-state index is -6.33. The van der Waals surface area contributed by atoms with Gasteiger partial charge in [-0.2, -0.15) is 52.7 Å². The highest BCUT2D eigenvalue weighted by atomic mass is 19.4. The summed E-state index contributed by atoms with van der Waals surface area (Å²) in [6, 6.07) is 0. The molecule has 2 atom stereocenters. The molecule has 0 heterocycles. The Morgan fingerprint density at radius 2 is 1.05 bits per heavy atom. The molecular weight excluding hydrogens is 602 g/mol. The normalized spacial score (nSPS) is 31.9. The van der Waals surface area contributed by atoms with Crippen LogP contribution in [0, 0.1) is 0 Å². The standard InChI is InChI=1S/C11H11F7O3.C9H7F7O3/c1-5(2)7(19)21-6-3-4-8(12,13)10(20,9(6,14)15)11(16,17)18;1-3(2)4(17)19-5-6(10,11)8(18,7(5,12)13)9(14,15)16/h6,20H,1,3-4H2,2H3;5,18H,1H2,2H3. The predicted molar refractivity (Wildman–Crippen MR) is 100 cm³/mol. The second-order valence-corrected chi connectivity index (χ2v) is 8.77. The van der Waals surface area contributed by atoms with Crippen molar-refractivity contribution >= 4 is 11.9 Å². The van der Waals surface area contributed by atoms with Crippen molar-refractivity contribution in [2.45, 2.75) is 86.1 Å². The molecule has 0 bridgehead atoms. The fourth-order valence-corrected chi connectivity index (χ4v) is 3.40. The van der Waals surface area contributed by atoms with E-state index in [0.717, 1.165) is 13.8 Å². The van der Waals surface area contributed by atoms with Gasteiger partial charge in [-0.1, -0.05) is 13.2 Å². The Hall–Kier alpha value is -2.64. The van der Waals surface area contributed by atoms with Crippen molar-refractivity contribution in [3.8, 4) is 0 Å². The van der Waals surface area contributed by atoms with Crippen LogP contribution in [0.4, 0.5) is 61.5 Å². The second kappa shape index (κ2) is 10.0. The maximum Gasteiger partial charge on any atom is 0.429 e. The van der Waals surface area contributed by atoms with Gasteiger partial charge in [-0.3, -0.25) is 0 Å². The number of rotatable bonds is 4. The number of aliphatic hydroxyl groups is 2. The monoisotopic (exact) mass is 620 g/mol. The van der Waals surface area contributed by atoms with Crippen molar-refractivity contribution in [1.29, 1.82) is 0 Å². The van der Waals surface area contributed by atoms with Crippen LogP contribution in [0.3, 0.4) is 0 Å². The van der Waals surface area contributed by atoms with E-state index in [4.69, 9.17) is 10.2 Å². The number of hydrogen-bond acceptors (Lipinski definition) is 6. The van der Waals surface area contributed by atoms with Crippen LogP contribution in [0.15, 0.2) is 24.3 Å². The summed E-state index contributed by atoms with van der Waals surface area (Å²) in [7, 11) is 0. The topological polar surface area (TPSA) is 93.1 Å². The molecule has 0 radical (unpaired) electrons. The molecule has 2 aliphatic rings. The van der Waals surface area contributed by atoms with Gasteiger partial charge in [-0.15, -0.1) is 0 Å². The van der Waals surface area contributed by atoms with Crippen molar-refractivity contribution in [3.63, 3.8) is 0 Å². The molecule has 0 aromatic rings. The zero-order valence-electron chi connectivity index (χ0n) is 19.8. The van der Waals surface area contributed by atoms with Crippen LogP contribution < -0.4 is 0 Å². The Kier molecular flexibility index (Phi) is 8.86. The van der Waals surface area contributed by atoms with Gasteiger partial charge < -0.3 is 19.7 Å². The molecule has 2 aliphatic carbocycles. The van der Waals surface area contributed by atoms with E-state index < -0.39 is 95.4 Å². The van der Waals surface area contributed by atoms with Gasteiger partial charge in [0.1, 0.15) is 0 Å². The fraction of sp³-hybridized carbons (Fsp3) is 0.700. The lowest BCUT2D eigenvalue weighted by molar-refractivity contribution is -0.489. The number of carbonyl (C=O) groups excluding carboxylic acids is 2. The molecule has 2 saturated carbocycles. The van der Waals surface area contributed by atoms with E-state index >= 15 is 0 Å². The smallest absolute Gasteiger partial charge is 0.429 e. The van der Waals surface area contributed by atoms with Gasteiger partial charge in [0, 0.05) is 17.6 Å². The SMILES string of the molecule is C=C(C)C(=O)OC1C(F)(F)C(O)(C(F)(F)F)C1(F)F.C=C(C)C(=O)OC1CCC(F)(F)C(O)(C(F)(F)F)C1(F)F. The number of esters is 2. The van der Waals surface area contributed by atoms with Gasteiger partial charge in [-0.25, -0.2) is 18.4 Å². The number of carbonyl (C=O) groups is 2. The lowest BCUT2D eigenvalue weighted by Crippen LogP contribution is -2.87. The molecule has 232 valence electrons. The predicted octanol–water partition coefficient (Wildman–Crippen LogP) is 4.88. The molecular formula is C20H18F14O6. The Morgan fingerprint density at radius 3 is 1.38 bits per heavy atom. The molecule has 2 unspecified atom stereocenters. The summed E-state index contributed by atoms with van der Waals surface area (Å²) in [5.74, 6) is -24.5. The van der Waals surface area contributed by atoms with Crippen LogP contribution in [0.1, 0.15) is 26.7 Å². The molecule has 0 saturated heterocycles. The van der Waals surface area contributed by atoms with Crippen molar-refractivity contribution < 1.29 is 90.7 Å². The number of alkyl halides is 14. The summed E-state index contributed by atoms with van der Waals surface area (Å²) in [5, 5.41) is 17.6. The summed E-state index contributed by atoms with van der Waals surface area (Å²) < 4.78 is 189. The Labute approximate surface area is 214 Å². The van der Waals surface area contributed by atoms with E-state index in [1.54, 1.807) is 0 Å². The highest BCUT2D eigenvalue weighted by Gasteiger charge is 2.97. The van der Waals surface area contributed by atoms with E-state index in [-0.39, 0.29) is 0 Å². The largest absolute Gasteiger partial charge is 0.452 e. The zero-order valence-corrected chi connectivity index (χ0v) is 19.8. The van der Waals surface area contributed by atoms with E-state index in [9.17, 15) is 71.1 Å². The first kappa shape index (κ1) is 35.4. The molecule has 20 heteroatoms. The first-order valence-corrected chi connectivity index (χ1v) is 10.2. The molecule has 2 N–H and O–H groups in total. The Balaban J connectivity index is 0.000000402. The molecule has 2 fully saturated rings. The van der Waals surface area contributed by atoms with E-state index in [1.807, 2.05) is 0 Å². The maximum atomic E-state index is 13.8. The highest BCUT2D eigenvalue weighted by molar-refractivity contribution is 5.87. The molecule has 0 aliphatic heterocycles. The summed E-state index contributed by atoms with van der Waals surface area (Å²) in [6.07, 6.45) is -22.1. The second-order valence-electron chi connectivity index (χ2n) is 8.77. The fourth-order valence-electron chi connectivity index (χ4n) is 3.40. The van der Waals surface area contributed by atoms with Gasteiger partial charge in [0.25, 0.3) is 17.1 Å². The van der Waals surface area contributed by atoms with Crippen LogP contribution in [0.25, 0.3) is 0 Å². The average molecular weight is 620 g/mol. The number of hydrogen-bond donors (Lipinski definition) is 2. The Bertz CT molecular complexity index is 1030. The van der Waals surface area contributed by atoms with E-state index in [2.05, 4.69) is 22.6 Å². The lowest BCUT2D eigenvalue weighted by atomic mass is 9.68. The third-order valence-corrected chi connectivity index (χ3v) is 5.75. The van der Waals surface area contributed by atoms with Crippen LogP contribution >= 0.6 is 0 Å². The number of ether oxygens (including phenoxy) is 2. The third-order valence-electron chi connectivity index (χ3n) is 5.75. The molecule has 0 aromatic heterocycles. The average Bonchev–Trinajstić information content (AvgIpc) is 2.75. The molecule has 2 rings (SSSR count). The molecule has 0 spiro atoms. The highest BCUT2D eigenvalue weighted by Crippen LogP contribution is 2.64. The van der Waals surface area contributed by atoms with E-state index in [1.165, 1.54) is 0 Å². The Morgan fingerprint density at radius 1 is 0.700 bits per heavy atom. The van der Waals surface area contributed by atoms with Crippen LogP contribution in [0.5, 0.6) is 0 Å². The zero-order chi connectivity index (χ0) is 32.3. The van der Waals surface area contributed by atoms with Crippen LogP contribution in [-0.4, -0.2) is 81.6 Å². The lowest BCUT2D eigenvalue weighted by Gasteiger charge is -2.55. The van der Waals surface area contributed by atoms with Crippen molar-refractivity contribution in [3.05, 3.63) is 24.3 Å². The number of halogens is 14.